The van der Waals surface area contributed by atoms with Crippen LogP contribution >= 0.6 is 11.6 Å². The Morgan fingerprint density at radius 2 is 1.91 bits per heavy atom. The molecule has 0 aliphatic rings. The molecule has 0 radical (unpaired) electrons. The topological polar surface area (TPSA) is 95.8 Å². The van der Waals surface area contributed by atoms with E-state index >= 15 is 0 Å². The van der Waals surface area contributed by atoms with E-state index < -0.39 is 4.92 Å². The van der Waals surface area contributed by atoms with Gasteiger partial charge in [0.1, 0.15) is 6.61 Å². The first-order valence-electron chi connectivity index (χ1n) is 10.0. The van der Waals surface area contributed by atoms with E-state index in [1.807, 2.05) is 24.3 Å². The standard InChI is InChI=1S/C23H24ClN3O5/c1-30-21-13-18(15-25-10-4-12-31-23-5-2-3-11-26-23)20(24)14-22(21)32-16-17-6-8-19(9-7-17)27(28)29/h2-3,5-9,11,13-14,25H,4,10,12,15-16H2,1H3. The predicted molar refractivity (Wildman–Crippen MR) is 121 cm³/mol. The molecule has 0 amide bonds. The van der Waals surface area contributed by atoms with E-state index in [0.29, 0.717) is 35.6 Å². The Morgan fingerprint density at radius 1 is 1.09 bits per heavy atom. The maximum Gasteiger partial charge on any atom is 0.269 e. The molecule has 2 aromatic carbocycles. The molecule has 8 nitrogen and oxygen atoms in total. The lowest BCUT2D eigenvalue weighted by molar-refractivity contribution is -0.384. The third-order valence-electron chi connectivity index (χ3n) is 4.58. The number of nitro benzene ring substituents is 1. The summed E-state index contributed by atoms with van der Waals surface area (Å²) in [7, 11) is 1.56. The molecule has 0 fully saturated rings. The molecule has 0 spiro atoms. The zero-order valence-corrected chi connectivity index (χ0v) is 18.4. The van der Waals surface area contributed by atoms with Crippen LogP contribution < -0.4 is 19.5 Å². The molecule has 168 valence electrons. The maximum atomic E-state index is 10.8. The van der Waals surface area contributed by atoms with Crippen LogP contribution in [0.2, 0.25) is 5.02 Å². The maximum absolute atomic E-state index is 10.8. The van der Waals surface area contributed by atoms with Gasteiger partial charge in [0.15, 0.2) is 11.5 Å². The Bertz CT molecular complexity index is 1020. The first-order valence-corrected chi connectivity index (χ1v) is 10.4. The number of hydrogen-bond acceptors (Lipinski definition) is 7. The number of rotatable bonds is 12. The van der Waals surface area contributed by atoms with Crippen molar-refractivity contribution in [1.82, 2.24) is 10.3 Å². The number of benzene rings is 2. The molecule has 0 aliphatic heterocycles. The van der Waals surface area contributed by atoms with Gasteiger partial charge in [-0.3, -0.25) is 10.1 Å². The number of methoxy groups -OCH3 is 1. The second-order valence-electron chi connectivity index (χ2n) is 6.85. The van der Waals surface area contributed by atoms with Crippen molar-refractivity contribution < 1.29 is 19.1 Å². The first-order chi connectivity index (χ1) is 15.6. The van der Waals surface area contributed by atoms with Crippen molar-refractivity contribution in [2.24, 2.45) is 0 Å². The van der Waals surface area contributed by atoms with Crippen LogP contribution in [0.5, 0.6) is 17.4 Å². The van der Waals surface area contributed by atoms with Gasteiger partial charge in [0, 0.05) is 42.0 Å². The molecule has 3 rings (SSSR count). The average molecular weight is 458 g/mol. The van der Waals surface area contributed by atoms with E-state index in [0.717, 1.165) is 24.1 Å². The number of ether oxygens (including phenoxy) is 3. The minimum atomic E-state index is -0.437. The quantitative estimate of drug-likeness (QED) is 0.237. The predicted octanol–water partition coefficient (Wildman–Crippen LogP) is 4.79. The minimum absolute atomic E-state index is 0.0366. The first kappa shape index (κ1) is 23.3. The summed E-state index contributed by atoms with van der Waals surface area (Å²) in [4.78, 5) is 14.4. The van der Waals surface area contributed by atoms with Crippen molar-refractivity contribution in [3.05, 3.63) is 87.1 Å². The molecule has 3 aromatic rings. The smallest absolute Gasteiger partial charge is 0.269 e. The molecular weight excluding hydrogens is 434 g/mol. The summed E-state index contributed by atoms with van der Waals surface area (Å²) in [5.74, 6) is 1.68. The Morgan fingerprint density at radius 3 is 2.59 bits per heavy atom. The summed E-state index contributed by atoms with van der Waals surface area (Å²) in [6, 6.07) is 15.3. The van der Waals surface area contributed by atoms with Crippen LogP contribution in [0.15, 0.2) is 60.8 Å². The number of nitro groups is 1. The zero-order chi connectivity index (χ0) is 22.8. The van der Waals surface area contributed by atoms with Gasteiger partial charge in [0.05, 0.1) is 18.6 Å². The van der Waals surface area contributed by atoms with Crippen molar-refractivity contribution in [3.63, 3.8) is 0 Å². The van der Waals surface area contributed by atoms with Crippen LogP contribution in [0.4, 0.5) is 5.69 Å². The molecule has 1 aromatic heterocycles. The highest BCUT2D eigenvalue weighted by Gasteiger charge is 2.12. The molecule has 0 aliphatic carbocycles. The highest BCUT2D eigenvalue weighted by atomic mass is 35.5. The van der Waals surface area contributed by atoms with Crippen LogP contribution in [0, 0.1) is 10.1 Å². The Hall–Kier alpha value is -3.36. The molecule has 0 saturated carbocycles. The van der Waals surface area contributed by atoms with Crippen LogP contribution in [-0.4, -0.2) is 30.2 Å². The van der Waals surface area contributed by atoms with Gasteiger partial charge in [0.25, 0.3) is 5.69 Å². The second-order valence-corrected chi connectivity index (χ2v) is 7.26. The third kappa shape index (κ3) is 6.83. The van der Waals surface area contributed by atoms with Crippen molar-refractivity contribution in [2.75, 3.05) is 20.3 Å². The van der Waals surface area contributed by atoms with Crippen molar-refractivity contribution >= 4 is 17.3 Å². The van der Waals surface area contributed by atoms with Crippen molar-refractivity contribution in [1.29, 1.82) is 0 Å². The van der Waals surface area contributed by atoms with Gasteiger partial charge >= 0.3 is 0 Å². The number of nitrogens with zero attached hydrogens (tertiary/aromatic N) is 2. The van der Waals surface area contributed by atoms with E-state index in [1.54, 1.807) is 31.5 Å². The van der Waals surface area contributed by atoms with E-state index in [2.05, 4.69) is 10.3 Å². The lowest BCUT2D eigenvalue weighted by Crippen LogP contribution is -2.17. The molecule has 1 heterocycles. The third-order valence-corrected chi connectivity index (χ3v) is 4.93. The minimum Gasteiger partial charge on any atom is -0.493 e. The van der Waals surface area contributed by atoms with Crippen LogP contribution in [0.3, 0.4) is 0 Å². The molecule has 0 saturated heterocycles. The molecule has 9 heteroatoms. The zero-order valence-electron chi connectivity index (χ0n) is 17.6. The molecule has 1 N–H and O–H groups in total. The van der Waals surface area contributed by atoms with Gasteiger partial charge in [-0.15, -0.1) is 0 Å². The highest BCUT2D eigenvalue weighted by molar-refractivity contribution is 6.31. The number of pyridine rings is 1. The summed E-state index contributed by atoms with van der Waals surface area (Å²) < 4.78 is 16.8. The number of non-ortho nitro benzene ring substituents is 1. The molecular formula is C23H24ClN3O5. The van der Waals surface area contributed by atoms with Gasteiger partial charge < -0.3 is 19.5 Å². The van der Waals surface area contributed by atoms with E-state index in [1.165, 1.54) is 12.1 Å². The Kier molecular flexibility index (Phi) is 8.65. The fraction of sp³-hybridized carbons (Fsp3) is 0.261. The van der Waals surface area contributed by atoms with Crippen molar-refractivity contribution in [3.8, 4) is 17.4 Å². The molecule has 0 unspecified atom stereocenters. The normalized spacial score (nSPS) is 10.6. The molecule has 32 heavy (non-hydrogen) atoms. The summed E-state index contributed by atoms with van der Waals surface area (Å²) in [5.41, 5.74) is 1.72. The summed E-state index contributed by atoms with van der Waals surface area (Å²) in [5, 5.41) is 14.7. The summed E-state index contributed by atoms with van der Waals surface area (Å²) in [6.07, 6.45) is 2.52. The van der Waals surface area contributed by atoms with Gasteiger partial charge in [0.2, 0.25) is 5.88 Å². The van der Waals surface area contributed by atoms with E-state index in [9.17, 15) is 10.1 Å². The summed E-state index contributed by atoms with van der Waals surface area (Å²) >= 11 is 6.43. The largest absolute Gasteiger partial charge is 0.493 e. The molecule has 0 atom stereocenters. The van der Waals surface area contributed by atoms with Gasteiger partial charge in [-0.25, -0.2) is 4.98 Å². The second kappa shape index (κ2) is 11.9. The van der Waals surface area contributed by atoms with Crippen LogP contribution in [0.25, 0.3) is 0 Å². The summed E-state index contributed by atoms with van der Waals surface area (Å²) in [6.45, 7) is 2.13. The SMILES string of the molecule is COc1cc(CNCCCOc2ccccn2)c(Cl)cc1OCc1ccc([N+](=O)[O-])cc1. The number of nitrogens with one attached hydrogen (secondary N) is 1. The van der Waals surface area contributed by atoms with Gasteiger partial charge in [-0.1, -0.05) is 17.7 Å². The fourth-order valence-corrected chi connectivity index (χ4v) is 3.11. The fourth-order valence-electron chi connectivity index (χ4n) is 2.89. The van der Waals surface area contributed by atoms with Crippen LogP contribution in [0.1, 0.15) is 17.5 Å². The van der Waals surface area contributed by atoms with Gasteiger partial charge in [-0.2, -0.15) is 0 Å². The monoisotopic (exact) mass is 457 g/mol. The number of halogens is 1. The van der Waals surface area contributed by atoms with E-state index in [-0.39, 0.29) is 12.3 Å². The van der Waals surface area contributed by atoms with E-state index in [4.69, 9.17) is 25.8 Å². The van der Waals surface area contributed by atoms with Gasteiger partial charge in [-0.05, 0) is 48.4 Å². The highest BCUT2D eigenvalue weighted by Crippen LogP contribution is 2.34. The lowest BCUT2D eigenvalue weighted by Gasteiger charge is -2.14. The number of aromatic nitrogens is 1. The van der Waals surface area contributed by atoms with Crippen molar-refractivity contribution in [2.45, 2.75) is 19.6 Å². The average Bonchev–Trinajstić information content (AvgIpc) is 2.81. The number of hydrogen-bond donors (Lipinski definition) is 1. The lowest BCUT2D eigenvalue weighted by atomic mass is 10.2. The Labute approximate surface area is 191 Å². The Balaban J connectivity index is 1.48. The van der Waals surface area contributed by atoms with Crippen LogP contribution in [-0.2, 0) is 13.2 Å². The molecule has 0 bridgehead atoms.